The second-order valence-electron chi connectivity index (χ2n) is 6.43. The summed E-state index contributed by atoms with van der Waals surface area (Å²) in [6, 6.07) is 7.69. The highest BCUT2D eigenvalue weighted by Crippen LogP contribution is 2.53. The molecule has 1 aromatic rings. The van der Waals surface area contributed by atoms with Gasteiger partial charge < -0.3 is 14.7 Å². The van der Waals surface area contributed by atoms with Gasteiger partial charge in [-0.1, -0.05) is 40.2 Å². The van der Waals surface area contributed by atoms with E-state index in [9.17, 15) is 14.7 Å². The number of aliphatic carboxylic acids is 1. The van der Waals surface area contributed by atoms with Crippen LogP contribution in [0.15, 0.2) is 40.9 Å². The Bertz CT molecular complexity index is 716. The predicted octanol–water partition coefficient (Wildman–Crippen LogP) is 2.38. The monoisotopic (exact) mass is 377 g/mol. The molecule has 0 unspecified atom stereocenters. The number of halogens is 1. The smallest absolute Gasteiger partial charge is 0.310 e. The van der Waals surface area contributed by atoms with E-state index in [4.69, 9.17) is 4.74 Å². The maximum Gasteiger partial charge on any atom is 0.310 e. The van der Waals surface area contributed by atoms with Crippen LogP contribution in [0.4, 0.5) is 0 Å². The first-order chi connectivity index (χ1) is 10.9. The van der Waals surface area contributed by atoms with E-state index < -0.39 is 29.5 Å². The molecule has 0 aliphatic carbocycles. The molecular weight excluding hydrogens is 362 g/mol. The third kappa shape index (κ3) is 2.01. The summed E-state index contributed by atoms with van der Waals surface area (Å²) >= 11 is 3.40. The molecule has 1 spiro atoms. The van der Waals surface area contributed by atoms with E-state index in [2.05, 4.69) is 15.9 Å². The molecule has 0 aromatic heterocycles. The Labute approximate surface area is 142 Å². The number of benzene rings is 1. The van der Waals surface area contributed by atoms with Crippen molar-refractivity contribution in [1.82, 2.24) is 4.90 Å². The van der Waals surface area contributed by atoms with Crippen molar-refractivity contribution in [2.75, 3.05) is 6.54 Å². The lowest BCUT2D eigenvalue weighted by molar-refractivity contribution is -0.148. The molecule has 1 aromatic carbocycles. The Morgan fingerprint density at radius 1 is 1.43 bits per heavy atom. The summed E-state index contributed by atoms with van der Waals surface area (Å²) in [6.07, 6.45) is 3.19. The summed E-state index contributed by atoms with van der Waals surface area (Å²) in [7, 11) is 0. The lowest BCUT2D eigenvalue weighted by Crippen LogP contribution is -2.39. The average Bonchev–Trinajstić information content (AvgIpc) is 3.15. The first-order valence-electron chi connectivity index (χ1n) is 7.59. The number of amides is 1. The second-order valence-corrected chi connectivity index (χ2v) is 7.35. The first-order valence-corrected chi connectivity index (χ1v) is 8.38. The molecule has 4 rings (SSSR count). The number of carbonyl (C=O) groups is 2. The summed E-state index contributed by atoms with van der Waals surface area (Å²) in [4.78, 5) is 26.2. The van der Waals surface area contributed by atoms with Crippen molar-refractivity contribution in [2.24, 2.45) is 11.8 Å². The number of likely N-dealkylation sites (tertiary alicyclic amines) is 1. The Balaban J connectivity index is 1.66. The van der Waals surface area contributed by atoms with Crippen molar-refractivity contribution >= 4 is 27.8 Å². The summed E-state index contributed by atoms with van der Waals surface area (Å²) in [5.41, 5.74) is 0.248. The Morgan fingerprint density at radius 2 is 2.13 bits per heavy atom. The zero-order valence-corrected chi connectivity index (χ0v) is 14.1. The Morgan fingerprint density at radius 3 is 2.78 bits per heavy atom. The second kappa shape index (κ2) is 4.92. The highest BCUT2D eigenvalue weighted by Gasteiger charge is 2.67. The van der Waals surface area contributed by atoms with Crippen LogP contribution in [0.1, 0.15) is 18.5 Å². The number of ether oxygens (including phenoxy) is 1. The van der Waals surface area contributed by atoms with Gasteiger partial charge in [-0.2, -0.15) is 0 Å². The molecule has 3 aliphatic heterocycles. The van der Waals surface area contributed by atoms with Crippen LogP contribution in [0.3, 0.4) is 0 Å². The topological polar surface area (TPSA) is 66.8 Å². The Hall–Kier alpha value is -1.66. The number of fused-ring (bicyclic) bond motifs is 1. The number of carboxylic acids is 1. The van der Waals surface area contributed by atoms with E-state index in [1.807, 2.05) is 37.3 Å². The fourth-order valence-corrected chi connectivity index (χ4v) is 4.32. The maximum absolute atomic E-state index is 12.9. The molecule has 1 amide bonds. The van der Waals surface area contributed by atoms with E-state index in [0.29, 0.717) is 6.54 Å². The Kier molecular flexibility index (Phi) is 3.19. The fourth-order valence-electron chi connectivity index (χ4n) is 4.06. The van der Waals surface area contributed by atoms with Crippen LogP contribution in [0.5, 0.6) is 0 Å². The molecule has 120 valence electrons. The largest absolute Gasteiger partial charge is 0.481 e. The summed E-state index contributed by atoms with van der Waals surface area (Å²) in [5.74, 6) is -2.49. The molecule has 2 bridgehead atoms. The van der Waals surface area contributed by atoms with Crippen LogP contribution in [0.2, 0.25) is 0 Å². The molecule has 0 saturated carbocycles. The van der Waals surface area contributed by atoms with E-state index in [1.165, 1.54) is 0 Å². The van der Waals surface area contributed by atoms with Gasteiger partial charge in [-0.05, 0) is 24.6 Å². The van der Waals surface area contributed by atoms with E-state index in [0.717, 1.165) is 10.0 Å². The van der Waals surface area contributed by atoms with Crippen molar-refractivity contribution < 1.29 is 19.4 Å². The van der Waals surface area contributed by atoms with Crippen LogP contribution < -0.4 is 0 Å². The van der Waals surface area contributed by atoms with Gasteiger partial charge in [-0.3, -0.25) is 9.59 Å². The lowest BCUT2D eigenvalue weighted by Gasteiger charge is -2.27. The quantitative estimate of drug-likeness (QED) is 0.821. The summed E-state index contributed by atoms with van der Waals surface area (Å²) < 4.78 is 6.88. The minimum atomic E-state index is -0.960. The number of hydrogen-bond acceptors (Lipinski definition) is 3. The van der Waals surface area contributed by atoms with E-state index in [-0.39, 0.29) is 11.9 Å². The van der Waals surface area contributed by atoms with E-state index >= 15 is 0 Å². The third-order valence-electron chi connectivity index (χ3n) is 5.23. The van der Waals surface area contributed by atoms with Crippen LogP contribution in [0, 0.1) is 11.8 Å². The minimum absolute atomic E-state index is 0.124. The van der Waals surface area contributed by atoms with Crippen LogP contribution in [-0.2, 0) is 14.3 Å². The molecule has 0 radical (unpaired) electrons. The molecule has 23 heavy (non-hydrogen) atoms. The van der Waals surface area contributed by atoms with Gasteiger partial charge in [0.15, 0.2) is 0 Å². The zero-order chi connectivity index (χ0) is 16.4. The highest BCUT2D eigenvalue weighted by atomic mass is 79.9. The van der Waals surface area contributed by atoms with Crippen molar-refractivity contribution in [1.29, 1.82) is 0 Å². The van der Waals surface area contributed by atoms with Gasteiger partial charge in [0.05, 0.1) is 24.6 Å². The molecule has 1 N–H and O–H groups in total. The molecule has 5 atom stereocenters. The van der Waals surface area contributed by atoms with Crippen LogP contribution >= 0.6 is 15.9 Å². The maximum atomic E-state index is 12.9. The van der Waals surface area contributed by atoms with E-state index in [1.54, 1.807) is 11.0 Å². The average molecular weight is 378 g/mol. The molecular formula is C17H16BrNO4. The molecule has 2 saturated heterocycles. The van der Waals surface area contributed by atoms with Crippen LogP contribution in [0.25, 0.3) is 0 Å². The molecule has 3 aliphatic rings. The number of nitrogens with zero attached hydrogens (tertiary/aromatic N) is 1. The highest BCUT2D eigenvalue weighted by molar-refractivity contribution is 9.10. The standard InChI is InChI=1S/C17H16BrNO4/c1-9(10-2-4-11(18)5-3-10)19-8-17-7-6-12(23-17)13(16(21)22)14(17)15(19)20/h2-7,9,12-14H,8H2,1H3,(H,21,22)/t9-,12-,13+,14-,17-/m1/s1. The SMILES string of the molecule is C[C@H](c1ccc(Br)cc1)N1C[C@@]23C=C[C@@H](O2)[C@H](C(=O)O)[C@@H]3C1=O. The molecule has 3 heterocycles. The molecule has 6 heteroatoms. The van der Waals surface area contributed by atoms with Gasteiger partial charge in [-0.25, -0.2) is 0 Å². The number of carboxylic acid groups (broad SMARTS) is 1. The normalized spacial score (nSPS) is 35.7. The van der Waals surface area contributed by atoms with Crippen molar-refractivity contribution in [3.63, 3.8) is 0 Å². The predicted molar refractivity (Wildman–Crippen MR) is 85.6 cm³/mol. The van der Waals surface area contributed by atoms with Crippen molar-refractivity contribution in [3.05, 3.63) is 46.5 Å². The molecule has 5 nitrogen and oxygen atoms in total. The number of hydrogen-bond donors (Lipinski definition) is 1. The van der Waals surface area contributed by atoms with Gasteiger partial charge in [-0.15, -0.1) is 0 Å². The first kappa shape index (κ1) is 14.9. The summed E-state index contributed by atoms with van der Waals surface area (Å²) in [6.45, 7) is 2.37. The van der Waals surface area contributed by atoms with Crippen molar-refractivity contribution in [3.8, 4) is 0 Å². The van der Waals surface area contributed by atoms with Crippen LogP contribution in [-0.4, -0.2) is 40.1 Å². The van der Waals surface area contributed by atoms with Gasteiger partial charge in [0.2, 0.25) is 5.91 Å². The van der Waals surface area contributed by atoms with Gasteiger partial charge in [0, 0.05) is 4.47 Å². The zero-order valence-electron chi connectivity index (χ0n) is 12.5. The van der Waals surface area contributed by atoms with Gasteiger partial charge in [0.1, 0.15) is 11.5 Å². The number of rotatable bonds is 3. The summed E-state index contributed by atoms with van der Waals surface area (Å²) in [5, 5.41) is 9.48. The number of carbonyl (C=O) groups excluding carboxylic acids is 1. The van der Waals surface area contributed by atoms with Gasteiger partial charge >= 0.3 is 5.97 Å². The molecule has 2 fully saturated rings. The fraction of sp³-hybridized carbons (Fsp3) is 0.412. The third-order valence-corrected chi connectivity index (χ3v) is 5.76. The van der Waals surface area contributed by atoms with Crippen molar-refractivity contribution in [2.45, 2.75) is 24.7 Å². The minimum Gasteiger partial charge on any atom is -0.481 e. The van der Waals surface area contributed by atoms with Gasteiger partial charge in [0.25, 0.3) is 0 Å². The lowest BCUT2D eigenvalue weighted by atomic mass is 9.77.